The SMILES string of the molecule is CSc1ccc(CCOc2ccc(Cc3sc(=O)[nH]c3O)cc2)cc1. The van der Waals surface area contributed by atoms with Gasteiger partial charge in [-0.25, -0.2) is 0 Å². The number of aromatic amines is 1. The summed E-state index contributed by atoms with van der Waals surface area (Å²) >= 11 is 2.77. The Hall–Kier alpha value is -2.18. The molecule has 0 aliphatic rings. The topological polar surface area (TPSA) is 62.3 Å². The maximum Gasteiger partial charge on any atom is 0.307 e. The Morgan fingerprint density at radius 1 is 1.08 bits per heavy atom. The second kappa shape index (κ2) is 8.27. The van der Waals surface area contributed by atoms with Crippen molar-refractivity contribution in [3.8, 4) is 11.6 Å². The maximum absolute atomic E-state index is 11.2. The van der Waals surface area contributed by atoms with Gasteiger partial charge in [-0.05, 0) is 41.6 Å². The zero-order valence-corrected chi connectivity index (χ0v) is 15.5. The molecule has 3 rings (SSSR count). The summed E-state index contributed by atoms with van der Waals surface area (Å²) in [5, 5.41) is 9.63. The quantitative estimate of drug-likeness (QED) is 0.613. The summed E-state index contributed by atoms with van der Waals surface area (Å²) in [6.07, 6.45) is 3.46. The molecule has 0 amide bonds. The summed E-state index contributed by atoms with van der Waals surface area (Å²) in [4.78, 5) is 15.3. The van der Waals surface area contributed by atoms with E-state index in [1.807, 2.05) is 24.3 Å². The highest BCUT2D eigenvalue weighted by molar-refractivity contribution is 7.98. The molecule has 0 fully saturated rings. The second-order valence-corrected chi connectivity index (χ2v) is 7.50. The van der Waals surface area contributed by atoms with Crippen molar-refractivity contribution in [3.63, 3.8) is 0 Å². The van der Waals surface area contributed by atoms with Gasteiger partial charge in [-0.15, -0.1) is 11.8 Å². The number of aromatic hydroxyl groups is 1. The van der Waals surface area contributed by atoms with E-state index in [1.54, 1.807) is 11.8 Å². The second-order valence-electron chi connectivity index (χ2n) is 5.55. The van der Waals surface area contributed by atoms with E-state index in [2.05, 4.69) is 35.5 Å². The van der Waals surface area contributed by atoms with E-state index in [0.29, 0.717) is 17.9 Å². The highest BCUT2D eigenvalue weighted by atomic mass is 32.2. The van der Waals surface area contributed by atoms with Gasteiger partial charge in [0.15, 0.2) is 0 Å². The fraction of sp³-hybridized carbons (Fsp3) is 0.211. The Balaban J connectivity index is 1.52. The zero-order chi connectivity index (χ0) is 17.6. The molecule has 0 aliphatic carbocycles. The Labute approximate surface area is 154 Å². The van der Waals surface area contributed by atoms with Crippen LogP contribution in [0.4, 0.5) is 0 Å². The molecular formula is C19H19NO3S2. The van der Waals surface area contributed by atoms with Gasteiger partial charge in [0.2, 0.25) is 5.88 Å². The van der Waals surface area contributed by atoms with Crippen molar-refractivity contribution in [1.29, 1.82) is 0 Å². The van der Waals surface area contributed by atoms with Gasteiger partial charge in [0, 0.05) is 17.7 Å². The van der Waals surface area contributed by atoms with Crippen LogP contribution < -0.4 is 9.61 Å². The van der Waals surface area contributed by atoms with Crippen LogP contribution in [0.2, 0.25) is 0 Å². The van der Waals surface area contributed by atoms with Crippen molar-refractivity contribution in [2.45, 2.75) is 17.7 Å². The highest BCUT2D eigenvalue weighted by Crippen LogP contribution is 2.22. The molecule has 2 N–H and O–H groups in total. The third-order valence-electron chi connectivity index (χ3n) is 3.81. The van der Waals surface area contributed by atoms with Gasteiger partial charge in [-0.3, -0.25) is 9.78 Å². The number of hydrogen-bond acceptors (Lipinski definition) is 5. The molecule has 4 nitrogen and oxygen atoms in total. The first-order chi connectivity index (χ1) is 12.1. The summed E-state index contributed by atoms with van der Waals surface area (Å²) in [6.45, 7) is 0.623. The predicted octanol–water partition coefficient (Wildman–Crippen LogP) is 4.08. The number of ether oxygens (including phenoxy) is 1. The minimum absolute atomic E-state index is 0.0391. The standard InChI is InChI=1S/C19H19NO3S2/c1-24-16-8-4-13(5-9-16)10-11-23-15-6-2-14(3-7-15)12-17-18(21)20-19(22)25-17/h2-9,21H,10-12H2,1H3,(H,20,22). The van der Waals surface area contributed by atoms with Crippen LogP contribution in [0.25, 0.3) is 0 Å². The van der Waals surface area contributed by atoms with E-state index in [1.165, 1.54) is 10.5 Å². The average molecular weight is 373 g/mol. The number of rotatable bonds is 7. The number of benzene rings is 2. The molecule has 6 heteroatoms. The lowest BCUT2D eigenvalue weighted by molar-refractivity contribution is 0.322. The molecule has 0 bridgehead atoms. The largest absolute Gasteiger partial charge is 0.494 e. The summed E-state index contributed by atoms with van der Waals surface area (Å²) in [5.41, 5.74) is 2.28. The Kier molecular flexibility index (Phi) is 5.83. The highest BCUT2D eigenvalue weighted by Gasteiger charge is 2.07. The molecule has 0 atom stereocenters. The van der Waals surface area contributed by atoms with Gasteiger partial charge in [0.1, 0.15) is 5.75 Å². The van der Waals surface area contributed by atoms with Gasteiger partial charge in [-0.1, -0.05) is 35.6 Å². The van der Waals surface area contributed by atoms with Gasteiger partial charge < -0.3 is 9.84 Å². The minimum atomic E-state index is -0.238. The third kappa shape index (κ3) is 4.90. The van der Waals surface area contributed by atoms with E-state index in [0.717, 1.165) is 29.1 Å². The molecule has 0 saturated carbocycles. The van der Waals surface area contributed by atoms with E-state index >= 15 is 0 Å². The Bertz CT molecular complexity index is 867. The van der Waals surface area contributed by atoms with Crippen LogP contribution in [0, 0.1) is 0 Å². The van der Waals surface area contributed by atoms with Crippen LogP contribution in [0.5, 0.6) is 11.6 Å². The van der Waals surface area contributed by atoms with Gasteiger partial charge in [0.25, 0.3) is 0 Å². The summed E-state index contributed by atoms with van der Waals surface area (Å²) < 4.78 is 5.79. The zero-order valence-electron chi connectivity index (χ0n) is 13.8. The van der Waals surface area contributed by atoms with Crippen molar-refractivity contribution < 1.29 is 9.84 Å². The van der Waals surface area contributed by atoms with Crippen LogP contribution in [-0.2, 0) is 12.8 Å². The molecule has 2 aromatic carbocycles. The molecule has 0 aliphatic heterocycles. The molecule has 3 aromatic rings. The first-order valence-electron chi connectivity index (χ1n) is 7.89. The van der Waals surface area contributed by atoms with Crippen LogP contribution in [0.15, 0.2) is 58.2 Å². The third-order valence-corrected chi connectivity index (χ3v) is 5.42. The average Bonchev–Trinajstić information content (AvgIpc) is 2.94. The fourth-order valence-electron chi connectivity index (χ4n) is 2.44. The number of thiazole rings is 1. The first-order valence-corrected chi connectivity index (χ1v) is 9.94. The molecular weight excluding hydrogens is 354 g/mol. The fourth-order valence-corrected chi connectivity index (χ4v) is 3.61. The smallest absolute Gasteiger partial charge is 0.307 e. The summed E-state index contributed by atoms with van der Waals surface area (Å²) in [7, 11) is 0. The van der Waals surface area contributed by atoms with Crippen LogP contribution in [0.3, 0.4) is 0 Å². The lowest BCUT2D eigenvalue weighted by atomic mass is 10.1. The molecule has 1 aromatic heterocycles. The normalized spacial score (nSPS) is 10.8. The Morgan fingerprint density at radius 3 is 2.36 bits per heavy atom. The van der Waals surface area contributed by atoms with Crippen LogP contribution >= 0.6 is 23.1 Å². The van der Waals surface area contributed by atoms with Crippen LogP contribution in [-0.4, -0.2) is 23.0 Å². The molecule has 1 heterocycles. The van der Waals surface area contributed by atoms with Crippen molar-refractivity contribution in [1.82, 2.24) is 4.98 Å². The van der Waals surface area contributed by atoms with E-state index < -0.39 is 0 Å². The minimum Gasteiger partial charge on any atom is -0.494 e. The van der Waals surface area contributed by atoms with Crippen molar-refractivity contribution in [3.05, 3.63) is 74.2 Å². The van der Waals surface area contributed by atoms with E-state index in [9.17, 15) is 9.90 Å². The van der Waals surface area contributed by atoms with Crippen molar-refractivity contribution >= 4 is 23.1 Å². The van der Waals surface area contributed by atoms with Crippen molar-refractivity contribution in [2.75, 3.05) is 12.9 Å². The molecule has 25 heavy (non-hydrogen) atoms. The number of hydrogen-bond donors (Lipinski definition) is 2. The monoisotopic (exact) mass is 373 g/mol. The van der Waals surface area contributed by atoms with Crippen molar-refractivity contribution in [2.24, 2.45) is 0 Å². The first kappa shape index (κ1) is 17.6. The van der Waals surface area contributed by atoms with Gasteiger partial charge in [0.05, 0.1) is 11.5 Å². The summed E-state index contributed by atoms with van der Waals surface area (Å²) in [5.74, 6) is 0.777. The lowest BCUT2D eigenvalue weighted by Crippen LogP contribution is -2.01. The van der Waals surface area contributed by atoms with Gasteiger partial charge >= 0.3 is 4.87 Å². The number of thioether (sulfide) groups is 1. The molecule has 0 radical (unpaired) electrons. The Morgan fingerprint density at radius 2 is 1.76 bits per heavy atom. The lowest BCUT2D eigenvalue weighted by Gasteiger charge is -2.08. The summed E-state index contributed by atoms with van der Waals surface area (Å²) in [6, 6.07) is 16.2. The number of H-pyrrole nitrogens is 1. The van der Waals surface area contributed by atoms with Gasteiger partial charge in [-0.2, -0.15) is 0 Å². The molecule has 0 unspecified atom stereocenters. The maximum atomic E-state index is 11.2. The molecule has 0 saturated heterocycles. The number of aromatic nitrogens is 1. The molecule has 130 valence electrons. The van der Waals surface area contributed by atoms with E-state index in [4.69, 9.17) is 4.74 Å². The predicted molar refractivity (Wildman–Crippen MR) is 103 cm³/mol. The van der Waals surface area contributed by atoms with Crippen LogP contribution in [0.1, 0.15) is 16.0 Å². The molecule has 0 spiro atoms. The van der Waals surface area contributed by atoms with E-state index in [-0.39, 0.29) is 10.8 Å². The number of nitrogens with one attached hydrogen (secondary N) is 1.